The number of likely N-dealkylation sites (tertiary alicyclic amines) is 1. The Balaban J connectivity index is 1.68. The van der Waals surface area contributed by atoms with Crippen LogP contribution in [0.2, 0.25) is 0 Å². The molecular weight excluding hydrogens is 350 g/mol. The van der Waals surface area contributed by atoms with Gasteiger partial charge in [-0.2, -0.15) is 0 Å². The molecule has 2 N–H and O–H groups in total. The van der Waals surface area contributed by atoms with E-state index in [4.69, 9.17) is 0 Å². The fraction of sp³-hybridized carbons (Fsp3) is 0.391. The van der Waals surface area contributed by atoms with Crippen LogP contribution < -0.4 is 10.6 Å². The molecule has 0 aromatic heterocycles. The van der Waals surface area contributed by atoms with Crippen LogP contribution in [0.5, 0.6) is 0 Å². The lowest BCUT2D eigenvalue weighted by Crippen LogP contribution is -2.40. The van der Waals surface area contributed by atoms with Gasteiger partial charge < -0.3 is 10.6 Å². The minimum Gasteiger partial charge on any atom is -0.347 e. The van der Waals surface area contributed by atoms with Gasteiger partial charge in [-0.05, 0) is 76.5 Å². The first-order valence-corrected chi connectivity index (χ1v) is 9.86. The van der Waals surface area contributed by atoms with Crippen molar-refractivity contribution in [3.63, 3.8) is 0 Å². The molecule has 0 atom stereocenters. The van der Waals surface area contributed by atoms with E-state index in [-0.39, 0.29) is 17.4 Å². The van der Waals surface area contributed by atoms with Gasteiger partial charge in [0.25, 0.3) is 11.8 Å². The summed E-state index contributed by atoms with van der Waals surface area (Å²) in [5.74, 6) is -0.423. The summed E-state index contributed by atoms with van der Waals surface area (Å²) in [6.45, 7) is 9.00. The minimum atomic E-state index is -0.348. The van der Waals surface area contributed by atoms with E-state index in [0.717, 1.165) is 19.6 Å². The Bertz CT molecular complexity index is 832. The van der Waals surface area contributed by atoms with Crippen LogP contribution in [0.4, 0.5) is 5.69 Å². The summed E-state index contributed by atoms with van der Waals surface area (Å²) < 4.78 is 0. The smallest absolute Gasteiger partial charge is 0.255 e. The average molecular weight is 380 g/mol. The van der Waals surface area contributed by atoms with Crippen molar-refractivity contribution < 1.29 is 9.59 Å². The topological polar surface area (TPSA) is 61.4 Å². The first-order chi connectivity index (χ1) is 13.3. The highest BCUT2D eigenvalue weighted by molar-refractivity contribution is 6.09. The fourth-order valence-electron chi connectivity index (χ4n) is 3.35. The van der Waals surface area contributed by atoms with Gasteiger partial charge in [0.2, 0.25) is 0 Å². The summed E-state index contributed by atoms with van der Waals surface area (Å²) in [6.07, 6.45) is 2.53. The lowest BCUT2D eigenvalue weighted by atomic mass is 10.1. The standard InChI is InChI=1S/C23H29N3O2/c1-23(2,3)25-22(28)19-8-4-5-9-20(19)24-21(27)18-12-10-17(11-13-18)16-26-14-6-7-15-26/h4-5,8-13H,6-7,14-16H2,1-3H3,(H,24,27)(H,25,28). The van der Waals surface area contributed by atoms with Gasteiger partial charge in [0.1, 0.15) is 0 Å². The molecule has 0 radical (unpaired) electrons. The first kappa shape index (κ1) is 20.1. The lowest BCUT2D eigenvalue weighted by molar-refractivity contribution is 0.0920. The van der Waals surface area contributed by atoms with Gasteiger partial charge >= 0.3 is 0 Å². The average Bonchev–Trinajstić information content (AvgIpc) is 3.14. The zero-order chi connectivity index (χ0) is 20.1. The van der Waals surface area contributed by atoms with E-state index < -0.39 is 0 Å². The van der Waals surface area contributed by atoms with Crippen LogP contribution in [-0.2, 0) is 6.54 Å². The van der Waals surface area contributed by atoms with E-state index in [9.17, 15) is 9.59 Å². The van der Waals surface area contributed by atoms with Gasteiger partial charge in [-0.3, -0.25) is 14.5 Å². The van der Waals surface area contributed by atoms with Crippen molar-refractivity contribution in [2.45, 2.75) is 45.7 Å². The predicted molar refractivity (Wildman–Crippen MR) is 113 cm³/mol. The third-order valence-electron chi connectivity index (χ3n) is 4.73. The Hall–Kier alpha value is -2.66. The molecular formula is C23H29N3O2. The number of amides is 2. The largest absolute Gasteiger partial charge is 0.347 e. The second kappa shape index (κ2) is 8.57. The normalized spacial score (nSPS) is 14.7. The Morgan fingerprint density at radius 2 is 1.57 bits per heavy atom. The van der Waals surface area contributed by atoms with Crippen LogP contribution in [-0.4, -0.2) is 35.3 Å². The predicted octanol–water partition coefficient (Wildman–Crippen LogP) is 4.06. The second-order valence-electron chi connectivity index (χ2n) is 8.38. The Kier molecular flexibility index (Phi) is 6.15. The maximum absolute atomic E-state index is 12.7. The molecule has 2 amide bonds. The summed E-state index contributed by atoms with van der Waals surface area (Å²) in [4.78, 5) is 27.6. The number of hydrogen-bond acceptors (Lipinski definition) is 3. The fourth-order valence-corrected chi connectivity index (χ4v) is 3.35. The molecule has 5 heteroatoms. The summed E-state index contributed by atoms with van der Waals surface area (Å²) in [5.41, 5.74) is 2.41. The van der Waals surface area contributed by atoms with Crippen molar-refractivity contribution >= 4 is 17.5 Å². The molecule has 1 aliphatic heterocycles. The molecule has 1 saturated heterocycles. The maximum Gasteiger partial charge on any atom is 0.255 e. The summed E-state index contributed by atoms with van der Waals surface area (Å²) >= 11 is 0. The van der Waals surface area contributed by atoms with E-state index >= 15 is 0 Å². The molecule has 28 heavy (non-hydrogen) atoms. The molecule has 5 nitrogen and oxygen atoms in total. The number of hydrogen-bond donors (Lipinski definition) is 2. The monoisotopic (exact) mass is 379 g/mol. The van der Waals surface area contributed by atoms with Crippen molar-refractivity contribution in [1.82, 2.24) is 10.2 Å². The molecule has 0 spiro atoms. The van der Waals surface area contributed by atoms with Crippen molar-refractivity contribution in [3.05, 3.63) is 65.2 Å². The van der Waals surface area contributed by atoms with Gasteiger partial charge in [0, 0.05) is 17.6 Å². The molecule has 2 aromatic rings. The summed E-state index contributed by atoms with van der Waals surface area (Å²) in [5, 5.41) is 5.81. The zero-order valence-corrected chi connectivity index (χ0v) is 16.9. The Morgan fingerprint density at radius 3 is 2.21 bits per heavy atom. The zero-order valence-electron chi connectivity index (χ0n) is 16.9. The third kappa shape index (κ3) is 5.42. The molecule has 0 aliphatic carbocycles. The quantitative estimate of drug-likeness (QED) is 0.823. The molecule has 1 aliphatic rings. The van der Waals surface area contributed by atoms with E-state index in [1.54, 1.807) is 18.2 Å². The second-order valence-corrected chi connectivity index (χ2v) is 8.38. The number of nitrogens with one attached hydrogen (secondary N) is 2. The molecule has 1 fully saturated rings. The molecule has 1 heterocycles. The highest BCUT2D eigenvalue weighted by Crippen LogP contribution is 2.18. The van der Waals surface area contributed by atoms with E-state index in [1.807, 2.05) is 51.1 Å². The van der Waals surface area contributed by atoms with Crippen molar-refractivity contribution in [2.24, 2.45) is 0 Å². The van der Waals surface area contributed by atoms with Gasteiger partial charge in [0.05, 0.1) is 11.3 Å². The van der Waals surface area contributed by atoms with Crippen molar-refractivity contribution in [3.8, 4) is 0 Å². The number of para-hydroxylation sites is 1. The Labute approximate surface area is 167 Å². The van der Waals surface area contributed by atoms with Crippen LogP contribution in [0.25, 0.3) is 0 Å². The number of rotatable bonds is 5. The number of carbonyl (C=O) groups excluding carboxylic acids is 2. The summed E-state index contributed by atoms with van der Waals surface area (Å²) in [6, 6.07) is 14.8. The van der Waals surface area contributed by atoms with E-state index in [1.165, 1.54) is 18.4 Å². The number of benzene rings is 2. The molecule has 0 saturated carbocycles. The molecule has 3 rings (SSSR count). The first-order valence-electron chi connectivity index (χ1n) is 9.86. The highest BCUT2D eigenvalue weighted by Gasteiger charge is 2.19. The van der Waals surface area contributed by atoms with Gasteiger partial charge in [-0.25, -0.2) is 0 Å². The summed E-state index contributed by atoms with van der Waals surface area (Å²) in [7, 11) is 0. The third-order valence-corrected chi connectivity index (χ3v) is 4.73. The number of nitrogens with zero attached hydrogens (tertiary/aromatic N) is 1. The number of carbonyl (C=O) groups is 2. The SMILES string of the molecule is CC(C)(C)NC(=O)c1ccccc1NC(=O)c1ccc(CN2CCCC2)cc1. The van der Waals surface area contributed by atoms with Gasteiger partial charge in [0.15, 0.2) is 0 Å². The van der Waals surface area contributed by atoms with Crippen LogP contribution in [0.15, 0.2) is 48.5 Å². The van der Waals surface area contributed by atoms with Crippen LogP contribution in [0.3, 0.4) is 0 Å². The van der Waals surface area contributed by atoms with E-state index in [2.05, 4.69) is 15.5 Å². The minimum absolute atomic E-state index is 0.204. The molecule has 2 aromatic carbocycles. The van der Waals surface area contributed by atoms with Crippen molar-refractivity contribution in [2.75, 3.05) is 18.4 Å². The highest BCUT2D eigenvalue weighted by atomic mass is 16.2. The molecule has 0 unspecified atom stereocenters. The van der Waals surface area contributed by atoms with E-state index in [0.29, 0.717) is 16.8 Å². The Morgan fingerprint density at radius 1 is 0.929 bits per heavy atom. The van der Waals surface area contributed by atoms with Crippen molar-refractivity contribution in [1.29, 1.82) is 0 Å². The number of anilines is 1. The van der Waals surface area contributed by atoms with Crippen LogP contribution in [0.1, 0.15) is 59.9 Å². The van der Waals surface area contributed by atoms with Gasteiger partial charge in [-0.15, -0.1) is 0 Å². The lowest BCUT2D eigenvalue weighted by Gasteiger charge is -2.21. The molecule has 148 valence electrons. The van der Waals surface area contributed by atoms with Crippen LogP contribution >= 0.6 is 0 Å². The van der Waals surface area contributed by atoms with Crippen LogP contribution in [0, 0.1) is 0 Å². The maximum atomic E-state index is 12.7. The van der Waals surface area contributed by atoms with Gasteiger partial charge in [-0.1, -0.05) is 24.3 Å². The molecule has 0 bridgehead atoms.